The molecule has 23 heavy (non-hydrogen) atoms. The maximum atomic E-state index is 11.8. The molecular formula is C16H22ClN3O2S. The summed E-state index contributed by atoms with van der Waals surface area (Å²) in [4.78, 5) is 23.6. The molecule has 1 saturated heterocycles. The van der Waals surface area contributed by atoms with Crippen molar-refractivity contribution in [2.75, 3.05) is 29.9 Å². The van der Waals surface area contributed by atoms with Crippen LogP contribution in [0.5, 0.6) is 0 Å². The zero-order valence-corrected chi connectivity index (χ0v) is 14.5. The molecule has 3 N–H and O–H groups in total. The Balaban J connectivity index is 1.56. The molecule has 2 amide bonds. The van der Waals surface area contributed by atoms with Crippen LogP contribution in [-0.4, -0.2) is 42.5 Å². The van der Waals surface area contributed by atoms with Gasteiger partial charge in [0.1, 0.15) is 0 Å². The first-order valence-corrected chi connectivity index (χ1v) is 9.30. The highest BCUT2D eigenvalue weighted by molar-refractivity contribution is 7.99. The zero-order valence-electron chi connectivity index (χ0n) is 12.9. The fraction of sp³-hybridized carbons (Fsp3) is 0.500. The molecule has 0 radical (unpaired) electrons. The molecule has 0 spiro atoms. The second-order valence-electron chi connectivity index (χ2n) is 5.44. The number of nitrogens with one attached hydrogen (secondary N) is 3. The molecule has 1 heterocycles. The Labute approximate surface area is 145 Å². The van der Waals surface area contributed by atoms with Gasteiger partial charge in [0, 0.05) is 54.2 Å². The normalized spacial score (nSPS) is 17.5. The van der Waals surface area contributed by atoms with Crippen LogP contribution in [0, 0.1) is 0 Å². The molecule has 1 unspecified atom stereocenters. The third-order valence-corrected chi connectivity index (χ3v) is 4.84. The monoisotopic (exact) mass is 355 g/mol. The van der Waals surface area contributed by atoms with Gasteiger partial charge in [0.25, 0.3) is 0 Å². The molecule has 1 fully saturated rings. The predicted molar refractivity (Wildman–Crippen MR) is 96.1 cm³/mol. The first-order valence-electron chi connectivity index (χ1n) is 7.77. The van der Waals surface area contributed by atoms with Crippen molar-refractivity contribution in [1.29, 1.82) is 0 Å². The van der Waals surface area contributed by atoms with Gasteiger partial charge < -0.3 is 16.0 Å². The average molecular weight is 356 g/mol. The number of carbonyl (C=O) groups is 2. The summed E-state index contributed by atoms with van der Waals surface area (Å²) in [7, 11) is 0. The van der Waals surface area contributed by atoms with Crippen molar-refractivity contribution >= 4 is 40.9 Å². The van der Waals surface area contributed by atoms with Crippen LogP contribution in [0.1, 0.15) is 19.3 Å². The van der Waals surface area contributed by atoms with Crippen molar-refractivity contribution in [2.45, 2.75) is 25.3 Å². The topological polar surface area (TPSA) is 70.2 Å². The van der Waals surface area contributed by atoms with E-state index in [-0.39, 0.29) is 17.9 Å². The summed E-state index contributed by atoms with van der Waals surface area (Å²) < 4.78 is 0. The molecule has 0 saturated carbocycles. The van der Waals surface area contributed by atoms with E-state index < -0.39 is 0 Å². The van der Waals surface area contributed by atoms with Crippen LogP contribution in [0.2, 0.25) is 5.02 Å². The van der Waals surface area contributed by atoms with Crippen LogP contribution >= 0.6 is 23.4 Å². The van der Waals surface area contributed by atoms with Gasteiger partial charge in [-0.1, -0.05) is 11.6 Å². The number of halogens is 1. The summed E-state index contributed by atoms with van der Waals surface area (Å²) in [5.41, 5.74) is 0.726. The Kier molecular flexibility index (Phi) is 7.71. The lowest BCUT2D eigenvalue weighted by Crippen LogP contribution is -2.41. The van der Waals surface area contributed by atoms with Gasteiger partial charge >= 0.3 is 0 Å². The van der Waals surface area contributed by atoms with Crippen LogP contribution in [-0.2, 0) is 9.59 Å². The van der Waals surface area contributed by atoms with E-state index in [1.54, 1.807) is 24.3 Å². The lowest BCUT2D eigenvalue weighted by molar-refractivity contribution is -0.122. The van der Waals surface area contributed by atoms with Crippen molar-refractivity contribution in [2.24, 2.45) is 0 Å². The van der Waals surface area contributed by atoms with E-state index in [0.29, 0.717) is 30.8 Å². The number of anilines is 1. The van der Waals surface area contributed by atoms with Gasteiger partial charge in [-0.15, -0.1) is 0 Å². The van der Waals surface area contributed by atoms with Gasteiger partial charge in [0.2, 0.25) is 11.8 Å². The number of amides is 2. The fourth-order valence-corrected chi connectivity index (χ4v) is 3.36. The van der Waals surface area contributed by atoms with E-state index in [2.05, 4.69) is 16.0 Å². The van der Waals surface area contributed by atoms with Gasteiger partial charge in [-0.25, -0.2) is 0 Å². The van der Waals surface area contributed by atoms with E-state index in [4.69, 9.17) is 11.6 Å². The minimum Gasteiger partial charge on any atom is -0.356 e. The number of carbonyl (C=O) groups excluding carboxylic acids is 2. The predicted octanol–water partition coefficient (Wildman–Crippen LogP) is 2.27. The average Bonchev–Trinajstić information content (AvgIpc) is 2.55. The molecule has 126 valence electrons. The van der Waals surface area contributed by atoms with E-state index in [0.717, 1.165) is 23.7 Å². The quantitative estimate of drug-likeness (QED) is 0.656. The van der Waals surface area contributed by atoms with Crippen molar-refractivity contribution in [1.82, 2.24) is 10.6 Å². The molecule has 1 aromatic carbocycles. The van der Waals surface area contributed by atoms with Crippen molar-refractivity contribution in [3.8, 4) is 0 Å². The SMILES string of the molecule is O=C(CC1CSCCN1)NCCCC(=O)Nc1ccc(Cl)cc1. The second kappa shape index (κ2) is 9.80. The molecule has 0 bridgehead atoms. The number of rotatable bonds is 7. The second-order valence-corrected chi connectivity index (χ2v) is 7.02. The Bertz CT molecular complexity index is 519. The minimum absolute atomic E-state index is 0.0445. The number of hydrogen-bond donors (Lipinski definition) is 3. The van der Waals surface area contributed by atoms with Gasteiger partial charge in [-0.2, -0.15) is 11.8 Å². The smallest absolute Gasteiger partial charge is 0.224 e. The third-order valence-electron chi connectivity index (χ3n) is 3.46. The molecular weight excluding hydrogens is 334 g/mol. The van der Waals surface area contributed by atoms with Crippen molar-refractivity contribution in [3.63, 3.8) is 0 Å². The number of hydrogen-bond acceptors (Lipinski definition) is 4. The Hall–Kier alpha value is -1.24. The van der Waals surface area contributed by atoms with Crippen LogP contribution in [0.4, 0.5) is 5.69 Å². The van der Waals surface area contributed by atoms with Crippen LogP contribution in [0.25, 0.3) is 0 Å². The van der Waals surface area contributed by atoms with E-state index in [1.807, 2.05) is 11.8 Å². The molecule has 0 aromatic heterocycles. The molecule has 1 aliphatic rings. The molecule has 1 aliphatic heterocycles. The van der Waals surface area contributed by atoms with Crippen LogP contribution < -0.4 is 16.0 Å². The first kappa shape index (κ1) is 18.1. The molecule has 1 atom stereocenters. The maximum absolute atomic E-state index is 11.8. The van der Waals surface area contributed by atoms with E-state index >= 15 is 0 Å². The molecule has 7 heteroatoms. The van der Waals surface area contributed by atoms with Gasteiger partial charge in [0.15, 0.2) is 0 Å². The molecule has 1 aromatic rings. The lowest BCUT2D eigenvalue weighted by atomic mass is 10.2. The van der Waals surface area contributed by atoms with Crippen LogP contribution in [0.3, 0.4) is 0 Å². The van der Waals surface area contributed by atoms with Crippen LogP contribution in [0.15, 0.2) is 24.3 Å². The largest absolute Gasteiger partial charge is 0.356 e. The minimum atomic E-state index is -0.0630. The van der Waals surface area contributed by atoms with Gasteiger partial charge in [-0.05, 0) is 30.7 Å². The highest BCUT2D eigenvalue weighted by Gasteiger charge is 2.16. The Morgan fingerprint density at radius 1 is 1.26 bits per heavy atom. The van der Waals surface area contributed by atoms with Crippen molar-refractivity contribution < 1.29 is 9.59 Å². The molecule has 0 aliphatic carbocycles. The zero-order chi connectivity index (χ0) is 16.5. The summed E-state index contributed by atoms with van der Waals surface area (Å²) in [6.07, 6.45) is 1.50. The molecule has 5 nitrogen and oxygen atoms in total. The third kappa shape index (κ3) is 7.24. The highest BCUT2D eigenvalue weighted by Crippen LogP contribution is 2.13. The van der Waals surface area contributed by atoms with E-state index in [9.17, 15) is 9.59 Å². The fourth-order valence-electron chi connectivity index (χ4n) is 2.28. The Morgan fingerprint density at radius 3 is 2.74 bits per heavy atom. The number of thioether (sulfide) groups is 1. The Morgan fingerprint density at radius 2 is 2.04 bits per heavy atom. The summed E-state index contributed by atoms with van der Waals surface area (Å²) in [5.74, 6) is 2.08. The maximum Gasteiger partial charge on any atom is 0.224 e. The summed E-state index contributed by atoms with van der Waals surface area (Å²) in [6.45, 7) is 1.49. The summed E-state index contributed by atoms with van der Waals surface area (Å²) >= 11 is 7.67. The van der Waals surface area contributed by atoms with E-state index in [1.165, 1.54) is 0 Å². The standard InChI is InChI=1S/C16H22ClN3O2S/c17-12-3-5-13(6-4-12)20-15(21)2-1-7-19-16(22)10-14-11-23-9-8-18-14/h3-6,14,18H,1-2,7-11H2,(H,19,22)(H,20,21). The van der Waals surface area contributed by atoms with Gasteiger partial charge in [-0.3, -0.25) is 9.59 Å². The summed E-state index contributed by atoms with van der Waals surface area (Å²) in [6, 6.07) is 7.25. The number of benzene rings is 1. The molecule has 2 rings (SSSR count). The van der Waals surface area contributed by atoms with Gasteiger partial charge in [0.05, 0.1) is 0 Å². The van der Waals surface area contributed by atoms with Crippen molar-refractivity contribution in [3.05, 3.63) is 29.3 Å². The first-order chi connectivity index (χ1) is 11.1. The lowest BCUT2D eigenvalue weighted by Gasteiger charge is -2.22. The summed E-state index contributed by atoms with van der Waals surface area (Å²) in [5, 5.41) is 9.64. The highest BCUT2D eigenvalue weighted by atomic mass is 35.5.